The summed E-state index contributed by atoms with van der Waals surface area (Å²) in [5, 5.41) is 0.465. The Balaban J connectivity index is 1.80. The first kappa shape index (κ1) is 13.6. The molecule has 0 aromatic heterocycles. The maximum absolute atomic E-state index is 11.3. The van der Waals surface area contributed by atoms with Crippen LogP contribution in [0.5, 0.6) is 17.2 Å². The Hall–Kier alpha value is -2.40. The Bertz CT molecular complexity index is 702. The molecule has 0 radical (unpaired) electrons. The molecule has 2 aromatic carbocycles. The molecule has 0 atom stereocenters. The zero-order valence-corrected chi connectivity index (χ0v) is 11.7. The van der Waals surface area contributed by atoms with E-state index in [9.17, 15) is 4.79 Å². The van der Waals surface area contributed by atoms with Gasteiger partial charge in [-0.2, -0.15) is 0 Å². The van der Waals surface area contributed by atoms with Gasteiger partial charge in [-0.1, -0.05) is 23.7 Å². The standard InChI is InChI=1S/C15H12ClNO4/c16-11-5-9(6-13-14(11)21-8-20-13)7-19-12-4-2-1-3-10(12)15(17)18/h1-6H,7-8H2,(H2,17,18). The molecule has 0 unspecified atom stereocenters. The second kappa shape index (κ2) is 5.54. The average Bonchev–Trinajstić information content (AvgIpc) is 2.94. The molecule has 21 heavy (non-hydrogen) atoms. The lowest BCUT2D eigenvalue weighted by molar-refractivity contribution is 0.0996. The van der Waals surface area contributed by atoms with Crippen molar-refractivity contribution in [2.24, 2.45) is 5.73 Å². The Kier molecular flexibility index (Phi) is 3.58. The summed E-state index contributed by atoms with van der Waals surface area (Å²) in [6, 6.07) is 10.3. The Morgan fingerprint density at radius 3 is 2.90 bits per heavy atom. The van der Waals surface area contributed by atoms with Crippen molar-refractivity contribution in [1.29, 1.82) is 0 Å². The zero-order valence-electron chi connectivity index (χ0n) is 11.0. The van der Waals surface area contributed by atoms with E-state index in [4.69, 9.17) is 31.5 Å². The number of nitrogens with two attached hydrogens (primary N) is 1. The van der Waals surface area contributed by atoms with Crippen LogP contribution in [0.2, 0.25) is 5.02 Å². The molecule has 0 saturated carbocycles. The van der Waals surface area contributed by atoms with Crippen molar-refractivity contribution in [1.82, 2.24) is 0 Å². The fourth-order valence-corrected chi connectivity index (χ4v) is 2.35. The molecular weight excluding hydrogens is 294 g/mol. The van der Waals surface area contributed by atoms with Crippen molar-refractivity contribution < 1.29 is 19.0 Å². The highest BCUT2D eigenvalue weighted by molar-refractivity contribution is 6.32. The van der Waals surface area contributed by atoms with Crippen molar-refractivity contribution in [3.8, 4) is 17.2 Å². The average molecular weight is 306 g/mol. The van der Waals surface area contributed by atoms with Crippen LogP contribution < -0.4 is 19.9 Å². The van der Waals surface area contributed by atoms with Gasteiger partial charge in [-0.3, -0.25) is 4.79 Å². The molecule has 3 rings (SSSR count). The van der Waals surface area contributed by atoms with Crippen molar-refractivity contribution in [3.05, 3.63) is 52.5 Å². The first-order chi connectivity index (χ1) is 10.1. The van der Waals surface area contributed by atoms with Crippen LogP contribution in [-0.4, -0.2) is 12.7 Å². The second-order valence-corrected chi connectivity index (χ2v) is 4.87. The summed E-state index contributed by atoms with van der Waals surface area (Å²) in [5.74, 6) is 1.02. The number of fused-ring (bicyclic) bond motifs is 1. The summed E-state index contributed by atoms with van der Waals surface area (Å²) < 4.78 is 16.2. The van der Waals surface area contributed by atoms with Gasteiger partial charge in [0.2, 0.25) is 6.79 Å². The lowest BCUT2D eigenvalue weighted by Gasteiger charge is -2.10. The van der Waals surface area contributed by atoms with Gasteiger partial charge >= 0.3 is 0 Å². The van der Waals surface area contributed by atoms with Crippen molar-refractivity contribution in [2.45, 2.75) is 6.61 Å². The number of rotatable bonds is 4. The maximum Gasteiger partial charge on any atom is 0.252 e. The third kappa shape index (κ3) is 2.73. The molecule has 1 amide bonds. The van der Waals surface area contributed by atoms with E-state index in [2.05, 4.69) is 0 Å². The van der Waals surface area contributed by atoms with Crippen LogP contribution in [0.25, 0.3) is 0 Å². The SMILES string of the molecule is NC(=O)c1ccccc1OCc1cc(Cl)c2c(c1)OCO2. The number of hydrogen-bond acceptors (Lipinski definition) is 4. The minimum Gasteiger partial charge on any atom is -0.488 e. The fraction of sp³-hybridized carbons (Fsp3) is 0.133. The van der Waals surface area contributed by atoms with Crippen LogP contribution in [-0.2, 0) is 6.61 Å². The Morgan fingerprint density at radius 2 is 2.10 bits per heavy atom. The molecule has 0 saturated heterocycles. The number of benzene rings is 2. The van der Waals surface area contributed by atoms with Crippen LogP contribution in [0, 0.1) is 0 Å². The van der Waals surface area contributed by atoms with Gasteiger partial charge in [0.15, 0.2) is 11.5 Å². The summed E-state index contributed by atoms with van der Waals surface area (Å²) in [7, 11) is 0. The Morgan fingerprint density at radius 1 is 1.29 bits per heavy atom. The number of amides is 1. The van der Waals surface area contributed by atoms with Crippen LogP contribution in [0.4, 0.5) is 0 Å². The van der Waals surface area contributed by atoms with Gasteiger partial charge in [0, 0.05) is 0 Å². The van der Waals surface area contributed by atoms with Crippen molar-refractivity contribution in [3.63, 3.8) is 0 Å². The van der Waals surface area contributed by atoms with E-state index in [1.807, 2.05) is 0 Å². The van der Waals surface area contributed by atoms with E-state index in [1.165, 1.54) is 0 Å². The number of carbonyl (C=O) groups is 1. The molecule has 108 valence electrons. The van der Waals surface area contributed by atoms with E-state index < -0.39 is 5.91 Å². The third-order valence-corrected chi connectivity index (χ3v) is 3.31. The van der Waals surface area contributed by atoms with Crippen molar-refractivity contribution >= 4 is 17.5 Å². The summed E-state index contributed by atoms with van der Waals surface area (Å²) in [6.07, 6.45) is 0. The van der Waals surface area contributed by atoms with Gasteiger partial charge in [-0.05, 0) is 29.8 Å². The van der Waals surface area contributed by atoms with Crippen LogP contribution in [0.3, 0.4) is 0 Å². The normalized spacial score (nSPS) is 12.2. The quantitative estimate of drug-likeness (QED) is 0.943. The number of halogens is 1. The van der Waals surface area contributed by atoms with E-state index in [1.54, 1.807) is 36.4 Å². The highest BCUT2D eigenvalue weighted by atomic mass is 35.5. The van der Waals surface area contributed by atoms with Gasteiger partial charge in [-0.15, -0.1) is 0 Å². The van der Waals surface area contributed by atoms with E-state index in [0.717, 1.165) is 5.56 Å². The van der Waals surface area contributed by atoms with Crippen molar-refractivity contribution in [2.75, 3.05) is 6.79 Å². The lowest BCUT2D eigenvalue weighted by atomic mass is 10.2. The minimum atomic E-state index is -0.533. The van der Waals surface area contributed by atoms with Gasteiger partial charge < -0.3 is 19.9 Å². The molecule has 0 aliphatic carbocycles. The molecule has 0 spiro atoms. The van der Waals surface area contributed by atoms with E-state index in [-0.39, 0.29) is 13.4 Å². The fourth-order valence-electron chi connectivity index (χ4n) is 2.06. The monoisotopic (exact) mass is 305 g/mol. The summed E-state index contributed by atoms with van der Waals surface area (Å²) in [5.41, 5.74) is 6.45. The van der Waals surface area contributed by atoms with Gasteiger partial charge in [0.1, 0.15) is 12.4 Å². The van der Waals surface area contributed by atoms with Crippen LogP contribution >= 0.6 is 11.6 Å². The predicted octanol–water partition coefficient (Wildman–Crippen LogP) is 2.75. The molecule has 1 aliphatic rings. The van der Waals surface area contributed by atoms with Gasteiger partial charge in [0.05, 0.1) is 10.6 Å². The highest BCUT2D eigenvalue weighted by Gasteiger charge is 2.18. The first-order valence-corrected chi connectivity index (χ1v) is 6.62. The summed E-state index contributed by atoms with van der Waals surface area (Å²) >= 11 is 6.10. The zero-order chi connectivity index (χ0) is 14.8. The van der Waals surface area contributed by atoms with Gasteiger partial charge in [0.25, 0.3) is 5.91 Å². The molecule has 6 heteroatoms. The first-order valence-electron chi connectivity index (χ1n) is 6.25. The molecule has 1 aliphatic heterocycles. The molecule has 5 nitrogen and oxygen atoms in total. The van der Waals surface area contributed by atoms with E-state index >= 15 is 0 Å². The van der Waals surface area contributed by atoms with Crippen LogP contribution in [0.1, 0.15) is 15.9 Å². The molecule has 0 fully saturated rings. The number of carbonyl (C=O) groups excluding carboxylic acids is 1. The lowest BCUT2D eigenvalue weighted by Crippen LogP contribution is -2.12. The topological polar surface area (TPSA) is 70.8 Å². The molecule has 0 bridgehead atoms. The Labute approximate surface area is 126 Å². The predicted molar refractivity (Wildman–Crippen MR) is 76.9 cm³/mol. The third-order valence-electron chi connectivity index (χ3n) is 3.03. The number of ether oxygens (including phenoxy) is 3. The number of primary amides is 1. The minimum absolute atomic E-state index is 0.157. The largest absolute Gasteiger partial charge is 0.488 e. The second-order valence-electron chi connectivity index (χ2n) is 4.46. The van der Waals surface area contributed by atoms with E-state index in [0.29, 0.717) is 27.8 Å². The molecule has 2 aromatic rings. The molecular formula is C15H12ClNO4. The van der Waals surface area contributed by atoms with Gasteiger partial charge in [-0.25, -0.2) is 0 Å². The summed E-state index contributed by atoms with van der Waals surface area (Å²) in [6.45, 7) is 0.393. The summed E-state index contributed by atoms with van der Waals surface area (Å²) in [4.78, 5) is 11.3. The number of hydrogen-bond donors (Lipinski definition) is 1. The molecule has 1 heterocycles. The smallest absolute Gasteiger partial charge is 0.252 e. The van der Waals surface area contributed by atoms with Crippen LogP contribution in [0.15, 0.2) is 36.4 Å². The maximum atomic E-state index is 11.3. The highest BCUT2D eigenvalue weighted by Crippen LogP contribution is 2.40. The number of para-hydroxylation sites is 1. The molecule has 2 N–H and O–H groups in total.